The van der Waals surface area contributed by atoms with Crippen LogP contribution in [0.2, 0.25) is 0 Å². The molecule has 1 aliphatic rings. The molecule has 0 aromatic heterocycles. The molecule has 0 aromatic rings. The molecule has 1 amide bonds. The Morgan fingerprint density at radius 2 is 1.83 bits per heavy atom. The molecule has 102 valence electrons. The van der Waals surface area contributed by atoms with Crippen LogP contribution in [0.1, 0.15) is 46.5 Å². The molecule has 0 bridgehead atoms. The zero-order valence-corrected chi connectivity index (χ0v) is 11.4. The van der Waals surface area contributed by atoms with Crippen LogP contribution in [-0.4, -0.2) is 24.0 Å². The van der Waals surface area contributed by atoms with Gasteiger partial charge in [0.05, 0.1) is 0 Å². The monoisotopic (exact) mass is 253 g/mol. The van der Waals surface area contributed by atoms with Crippen molar-refractivity contribution in [3.05, 3.63) is 12.2 Å². The van der Waals surface area contributed by atoms with E-state index < -0.39 is 5.60 Å². The van der Waals surface area contributed by atoms with Gasteiger partial charge in [0.1, 0.15) is 11.9 Å². The molecule has 4 heteroatoms. The summed E-state index contributed by atoms with van der Waals surface area (Å²) in [6, 6.07) is 0.195. The largest absolute Gasteiger partial charge is 0.444 e. The van der Waals surface area contributed by atoms with Crippen molar-refractivity contribution < 1.29 is 14.3 Å². The zero-order chi connectivity index (χ0) is 13.6. The fourth-order valence-electron chi connectivity index (χ4n) is 2.13. The van der Waals surface area contributed by atoms with Crippen molar-refractivity contribution in [1.29, 1.82) is 0 Å². The number of carbonyl (C=O) groups excluding carboxylic acids is 2. The van der Waals surface area contributed by atoms with E-state index >= 15 is 0 Å². The van der Waals surface area contributed by atoms with Crippen molar-refractivity contribution >= 4 is 12.4 Å². The lowest BCUT2D eigenvalue weighted by Crippen LogP contribution is -2.40. The van der Waals surface area contributed by atoms with Gasteiger partial charge in [-0.3, -0.25) is 4.79 Å². The summed E-state index contributed by atoms with van der Waals surface area (Å²) in [4.78, 5) is 21.8. The number of hydrogen-bond acceptors (Lipinski definition) is 3. The van der Waals surface area contributed by atoms with Gasteiger partial charge in [-0.15, -0.1) is 0 Å². The highest BCUT2D eigenvalue weighted by atomic mass is 16.6. The van der Waals surface area contributed by atoms with Gasteiger partial charge in [-0.2, -0.15) is 0 Å². The maximum absolute atomic E-state index is 11.6. The van der Waals surface area contributed by atoms with Crippen LogP contribution in [0.3, 0.4) is 0 Å². The third-order valence-electron chi connectivity index (χ3n) is 2.95. The SMILES string of the molecule is CC(C)(C)OC(=O)N[C@H]1CC[C@H](C=CC=O)CC1. The summed E-state index contributed by atoms with van der Waals surface area (Å²) in [7, 11) is 0. The first-order chi connectivity index (χ1) is 8.40. The maximum Gasteiger partial charge on any atom is 0.407 e. The molecule has 0 saturated heterocycles. The van der Waals surface area contributed by atoms with Gasteiger partial charge in [0.2, 0.25) is 0 Å². The molecule has 0 aliphatic heterocycles. The number of amides is 1. The Hall–Kier alpha value is -1.32. The van der Waals surface area contributed by atoms with E-state index in [1.807, 2.05) is 26.8 Å². The third-order valence-corrected chi connectivity index (χ3v) is 2.95. The van der Waals surface area contributed by atoms with E-state index in [0.717, 1.165) is 32.0 Å². The Kier molecular flexibility index (Phi) is 5.38. The second-order valence-electron chi connectivity index (χ2n) is 5.78. The molecule has 0 radical (unpaired) electrons. The van der Waals surface area contributed by atoms with E-state index in [1.54, 1.807) is 6.08 Å². The van der Waals surface area contributed by atoms with E-state index in [0.29, 0.717) is 5.92 Å². The summed E-state index contributed by atoms with van der Waals surface area (Å²) in [5.74, 6) is 0.465. The molecule has 1 aliphatic carbocycles. The zero-order valence-electron chi connectivity index (χ0n) is 11.4. The van der Waals surface area contributed by atoms with Crippen LogP contribution < -0.4 is 5.32 Å². The van der Waals surface area contributed by atoms with Gasteiger partial charge in [0.15, 0.2) is 0 Å². The summed E-state index contributed by atoms with van der Waals surface area (Å²) in [5, 5.41) is 2.90. The standard InChI is InChI=1S/C14H23NO3/c1-14(2,3)18-13(17)15-12-8-6-11(7-9-12)5-4-10-16/h4-5,10-12H,6-9H2,1-3H3,(H,15,17)/t11-,12-. The van der Waals surface area contributed by atoms with Gasteiger partial charge >= 0.3 is 6.09 Å². The van der Waals surface area contributed by atoms with Crippen molar-refractivity contribution in [1.82, 2.24) is 5.32 Å². The van der Waals surface area contributed by atoms with Crippen molar-refractivity contribution in [3.8, 4) is 0 Å². The number of nitrogens with one attached hydrogen (secondary N) is 1. The van der Waals surface area contributed by atoms with Gasteiger partial charge in [-0.25, -0.2) is 4.79 Å². The van der Waals surface area contributed by atoms with Gasteiger partial charge < -0.3 is 10.1 Å². The van der Waals surface area contributed by atoms with Crippen LogP contribution in [0.4, 0.5) is 4.79 Å². The van der Waals surface area contributed by atoms with E-state index in [2.05, 4.69) is 5.32 Å². The lowest BCUT2D eigenvalue weighted by molar-refractivity contribution is -0.104. The first-order valence-corrected chi connectivity index (χ1v) is 6.52. The molecular weight excluding hydrogens is 230 g/mol. The van der Waals surface area contributed by atoms with Crippen molar-refractivity contribution in [2.75, 3.05) is 0 Å². The van der Waals surface area contributed by atoms with Crippen molar-refractivity contribution in [2.24, 2.45) is 5.92 Å². The Balaban J connectivity index is 2.29. The van der Waals surface area contributed by atoms with Crippen LogP contribution in [0.15, 0.2) is 12.2 Å². The molecule has 1 rings (SSSR count). The lowest BCUT2D eigenvalue weighted by atomic mass is 9.86. The average Bonchev–Trinajstić information content (AvgIpc) is 2.25. The number of alkyl carbamates (subject to hydrolysis) is 1. The molecule has 1 fully saturated rings. The molecule has 1 N–H and O–H groups in total. The molecule has 1 saturated carbocycles. The summed E-state index contributed by atoms with van der Waals surface area (Å²) in [6.45, 7) is 5.56. The number of rotatable bonds is 3. The van der Waals surface area contributed by atoms with E-state index in [9.17, 15) is 9.59 Å². The van der Waals surface area contributed by atoms with E-state index in [1.165, 1.54) is 0 Å². The van der Waals surface area contributed by atoms with Crippen LogP contribution in [-0.2, 0) is 9.53 Å². The first kappa shape index (κ1) is 14.7. The fourth-order valence-corrected chi connectivity index (χ4v) is 2.13. The Morgan fingerprint density at radius 1 is 1.22 bits per heavy atom. The summed E-state index contributed by atoms with van der Waals surface area (Å²) >= 11 is 0. The Morgan fingerprint density at radius 3 is 2.33 bits per heavy atom. The van der Waals surface area contributed by atoms with E-state index in [4.69, 9.17) is 4.74 Å². The average molecular weight is 253 g/mol. The topological polar surface area (TPSA) is 55.4 Å². The lowest BCUT2D eigenvalue weighted by Gasteiger charge is -2.28. The second-order valence-corrected chi connectivity index (χ2v) is 5.78. The normalized spacial score (nSPS) is 24.8. The molecule has 0 atom stereocenters. The van der Waals surface area contributed by atoms with Gasteiger partial charge in [0.25, 0.3) is 0 Å². The molecule has 0 aromatic carbocycles. The highest BCUT2D eigenvalue weighted by molar-refractivity contribution is 5.68. The number of allylic oxidation sites excluding steroid dienone is 2. The van der Waals surface area contributed by atoms with Gasteiger partial charge in [-0.05, 0) is 58.4 Å². The number of hydrogen-bond donors (Lipinski definition) is 1. The highest BCUT2D eigenvalue weighted by Gasteiger charge is 2.23. The minimum atomic E-state index is -0.450. The second kappa shape index (κ2) is 6.57. The van der Waals surface area contributed by atoms with E-state index in [-0.39, 0.29) is 12.1 Å². The minimum absolute atomic E-state index is 0.195. The first-order valence-electron chi connectivity index (χ1n) is 6.52. The minimum Gasteiger partial charge on any atom is -0.444 e. The smallest absolute Gasteiger partial charge is 0.407 e. The predicted octanol–water partition coefficient (Wildman–Crippen LogP) is 2.83. The van der Waals surface area contributed by atoms with Crippen LogP contribution >= 0.6 is 0 Å². The summed E-state index contributed by atoms with van der Waals surface area (Å²) < 4.78 is 5.22. The summed E-state index contributed by atoms with van der Waals surface area (Å²) in [6.07, 6.45) is 7.87. The summed E-state index contributed by atoms with van der Waals surface area (Å²) in [5.41, 5.74) is -0.450. The molecule has 18 heavy (non-hydrogen) atoms. The highest BCUT2D eigenvalue weighted by Crippen LogP contribution is 2.25. The quantitative estimate of drug-likeness (QED) is 0.621. The third kappa shape index (κ3) is 5.84. The van der Waals surface area contributed by atoms with Gasteiger partial charge in [-0.1, -0.05) is 6.08 Å². The fraction of sp³-hybridized carbons (Fsp3) is 0.714. The molecule has 0 unspecified atom stereocenters. The number of carbonyl (C=O) groups is 2. The van der Waals surface area contributed by atoms with Crippen molar-refractivity contribution in [3.63, 3.8) is 0 Å². The molecule has 4 nitrogen and oxygen atoms in total. The molecule has 0 heterocycles. The maximum atomic E-state index is 11.6. The predicted molar refractivity (Wildman–Crippen MR) is 70.3 cm³/mol. The van der Waals surface area contributed by atoms with Crippen LogP contribution in [0, 0.1) is 5.92 Å². The Labute approximate surface area is 109 Å². The molecule has 0 spiro atoms. The number of aldehydes is 1. The number of ether oxygens (including phenoxy) is 1. The van der Waals surface area contributed by atoms with Crippen LogP contribution in [0.25, 0.3) is 0 Å². The Bertz CT molecular complexity index is 309. The van der Waals surface area contributed by atoms with Crippen molar-refractivity contribution in [2.45, 2.75) is 58.1 Å². The van der Waals surface area contributed by atoms with Crippen LogP contribution in [0.5, 0.6) is 0 Å². The molecular formula is C14H23NO3. The van der Waals surface area contributed by atoms with Gasteiger partial charge in [0, 0.05) is 6.04 Å².